The predicted molar refractivity (Wildman–Crippen MR) is 78.2 cm³/mol. The molecule has 0 aliphatic carbocycles. The molecule has 2 N–H and O–H groups in total. The van der Waals surface area contributed by atoms with Gasteiger partial charge in [0.15, 0.2) is 11.5 Å². The van der Waals surface area contributed by atoms with E-state index in [9.17, 15) is 0 Å². The Kier molecular flexibility index (Phi) is 4.85. The van der Waals surface area contributed by atoms with E-state index in [1.165, 1.54) is 0 Å². The Labute approximate surface area is 119 Å². The molecule has 0 aliphatic heterocycles. The minimum atomic E-state index is 0.412. The first-order valence-corrected chi connectivity index (χ1v) is 6.40. The van der Waals surface area contributed by atoms with E-state index in [1.807, 2.05) is 42.5 Å². The van der Waals surface area contributed by atoms with Gasteiger partial charge in [0, 0.05) is 12.1 Å². The molecule has 0 amide bonds. The lowest BCUT2D eigenvalue weighted by Gasteiger charge is -2.14. The van der Waals surface area contributed by atoms with Gasteiger partial charge in [-0.3, -0.25) is 0 Å². The second-order valence-corrected chi connectivity index (χ2v) is 4.29. The van der Waals surface area contributed by atoms with Gasteiger partial charge in [0.2, 0.25) is 0 Å². The maximum atomic E-state index is 5.86. The van der Waals surface area contributed by atoms with Crippen molar-refractivity contribution >= 4 is 0 Å². The van der Waals surface area contributed by atoms with Crippen molar-refractivity contribution < 1.29 is 14.2 Å². The van der Waals surface area contributed by atoms with Crippen LogP contribution in [-0.4, -0.2) is 14.2 Å². The largest absolute Gasteiger partial charge is 0.497 e. The first-order chi connectivity index (χ1) is 9.78. The SMILES string of the molecule is COc1ccc(COc2c(CN)cccc2OC)cc1. The first kappa shape index (κ1) is 14.2. The highest BCUT2D eigenvalue weighted by Gasteiger charge is 2.09. The molecule has 2 aromatic rings. The van der Waals surface area contributed by atoms with E-state index in [2.05, 4.69) is 0 Å². The van der Waals surface area contributed by atoms with Crippen molar-refractivity contribution in [3.05, 3.63) is 53.6 Å². The lowest BCUT2D eigenvalue weighted by Crippen LogP contribution is -2.04. The van der Waals surface area contributed by atoms with Gasteiger partial charge in [0.25, 0.3) is 0 Å². The number of benzene rings is 2. The van der Waals surface area contributed by atoms with Gasteiger partial charge in [-0.05, 0) is 23.8 Å². The molecule has 20 heavy (non-hydrogen) atoms. The van der Waals surface area contributed by atoms with Gasteiger partial charge in [-0.1, -0.05) is 24.3 Å². The minimum absolute atomic E-state index is 0.412. The van der Waals surface area contributed by atoms with E-state index in [-0.39, 0.29) is 0 Å². The average Bonchev–Trinajstić information content (AvgIpc) is 2.52. The molecule has 0 unspecified atom stereocenters. The van der Waals surface area contributed by atoms with Crippen LogP contribution in [-0.2, 0) is 13.2 Å². The maximum Gasteiger partial charge on any atom is 0.166 e. The van der Waals surface area contributed by atoms with Crippen molar-refractivity contribution in [3.63, 3.8) is 0 Å². The third-order valence-electron chi connectivity index (χ3n) is 3.04. The number of methoxy groups -OCH3 is 2. The summed E-state index contributed by atoms with van der Waals surface area (Å²) >= 11 is 0. The molecule has 0 heterocycles. The van der Waals surface area contributed by atoms with E-state index in [4.69, 9.17) is 19.9 Å². The second kappa shape index (κ2) is 6.82. The number of hydrogen-bond donors (Lipinski definition) is 1. The molecule has 0 aromatic heterocycles. The molecule has 106 valence electrons. The molecule has 0 aliphatic rings. The predicted octanol–water partition coefficient (Wildman–Crippen LogP) is 2.74. The summed E-state index contributed by atoms with van der Waals surface area (Å²) in [5.41, 5.74) is 7.71. The van der Waals surface area contributed by atoms with Crippen LogP contribution in [0, 0.1) is 0 Å². The summed E-state index contributed by atoms with van der Waals surface area (Å²) in [6.07, 6.45) is 0. The smallest absolute Gasteiger partial charge is 0.166 e. The Hall–Kier alpha value is -2.20. The van der Waals surface area contributed by atoms with Crippen molar-refractivity contribution in [2.45, 2.75) is 13.2 Å². The van der Waals surface area contributed by atoms with E-state index in [0.717, 1.165) is 16.9 Å². The molecule has 0 bridgehead atoms. The van der Waals surface area contributed by atoms with Crippen LogP contribution in [0.4, 0.5) is 0 Å². The normalized spacial score (nSPS) is 10.2. The summed E-state index contributed by atoms with van der Waals surface area (Å²) in [7, 11) is 3.27. The van der Waals surface area contributed by atoms with Crippen molar-refractivity contribution in [1.29, 1.82) is 0 Å². The number of rotatable bonds is 6. The average molecular weight is 273 g/mol. The minimum Gasteiger partial charge on any atom is -0.497 e. The Morgan fingerprint density at radius 2 is 1.70 bits per heavy atom. The summed E-state index contributed by atoms with van der Waals surface area (Å²) in [5.74, 6) is 2.23. The van der Waals surface area contributed by atoms with E-state index < -0.39 is 0 Å². The van der Waals surface area contributed by atoms with Gasteiger partial charge < -0.3 is 19.9 Å². The zero-order valence-electron chi connectivity index (χ0n) is 11.8. The van der Waals surface area contributed by atoms with Crippen LogP contribution in [0.1, 0.15) is 11.1 Å². The Morgan fingerprint density at radius 3 is 2.30 bits per heavy atom. The Bertz CT molecular complexity index is 530. The maximum absolute atomic E-state index is 5.86. The monoisotopic (exact) mass is 273 g/mol. The highest BCUT2D eigenvalue weighted by atomic mass is 16.5. The number of ether oxygens (including phenoxy) is 3. The van der Waals surface area contributed by atoms with E-state index >= 15 is 0 Å². The summed E-state index contributed by atoms with van der Waals surface area (Å²) in [6.45, 7) is 0.868. The van der Waals surface area contributed by atoms with Crippen molar-refractivity contribution in [3.8, 4) is 17.2 Å². The molecular formula is C16H19NO3. The standard InChI is InChI=1S/C16H19NO3/c1-18-14-8-6-12(7-9-14)11-20-16-13(10-17)4-3-5-15(16)19-2/h3-9H,10-11,17H2,1-2H3. The molecule has 2 rings (SSSR count). The molecule has 4 heteroatoms. The number of hydrogen-bond acceptors (Lipinski definition) is 4. The third-order valence-corrected chi connectivity index (χ3v) is 3.04. The molecule has 0 atom stereocenters. The summed E-state index contributed by atoms with van der Waals surface area (Å²) in [5, 5.41) is 0. The van der Waals surface area contributed by atoms with Crippen LogP contribution in [0.15, 0.2) is 42.5 Å². The molecule has 0 saturated carbocycles. The fraction of sp³-hybridized carbons (Fsp3) is 0.250. The molecule has 0 saturated heterocycles. The summed E-state index contributed by atoms with van der Waals surface area (Å²) < 4.78 is 16.3. The quantitative estimate of drug-likeness (QED) is 0.879. The van der Waals surface area contributed by atoms with Crippen molar-refractivity contribution in [2.75, 3.05) is 14.2 Å². The lowest BCUT2D eigenvalue weighted by atomic mass is 10.2. The van der Waals surface area contributed by atoms with Crippen LogP contribution in [0.2, 0.25) is 0 Å². The fourth-order valence-corrected chi connectivity index (χ4v) is 1.92. The highest BCUT2D eigenvalue weighted by Crippen LogP contribution is 2.31. The van der Waals surface area contributed by atoms with E-state index in [0.29, 0.717) is 24.7 Å². The summed E-state index contributed by atoms with van der Waals surface area (Å²) in [6, 6.07) is 13.5. The zero-order chi connectivity index (χ0) is 14.4. The molecule has 0 fully saturated rings. The fourth-order valence-electron chi connectivity index (χ4n) is 1.92. The Balaban J connectivity index is 2.13. The summed E-state index contributed by atoms with van der Waals surface area (Å²) in [4.78, 5) is 0. The van der Waals surface area contributed by atoms with Crippen LogP contribution < -0.4 is 19.9 Å². The first-order valence-electron chi connectivity index (χ1n) is 6.40. The molecular weight excluding hydrogens is 254 g/mol. The zero-order valence-corrected chi connectivity index (χ0v) is 11.8. The van der Waals surface area contributed by atoms with Gasteiger partial charge in [0.1, 0.15) is 12.4 Å². The second-order valence-electron chi connectivity index (χ2n) is 4.29. The topological polar surface area (TPSA) is 53.7 Å². The van der Waals surface area contributed by atoms with Crippen LogP contribution in [0.5, 0.6) is 17.2 Å². The van der Waals surface area contributed by atoms with Crippen molar-refractivity contribution in [2.24, 2.45) is 5.73 Å². The third kappa shape index (κ3) is 3.22. The molecule has 4 nitrogen and oxygen atoms in total. The van der Waals surface area contributed by atoms with E-state index in [1.54, 1.807) is 14.2 Å². The van der Waals surface area contributed by atoms with Crippen LogP contribution in [0.25, 0.3) is 0 Å². The highest BCUT2D eigenvalue weighted by molar-refractivity contribution is 5.46. The molecule has 0 radical (unpaired) electrons. The van der Waals surface area contributed by atoms with Crippen LogP contribution >= 0.6 is 0 Å². The molecule has 0 spiro atoms. The van der Waals surface area contributed by atoms with Crippen LogP contribution in [0.3, 0.4) is 0 Å². The van der Waals surface area contributed by atoms with Gasteiger partial charge in [-0.15, -0.1) is 0 Å². The van der Waals surface area contributed by atoms with Crippen molar-refractivity contribution in [1.82, 2.24) is 0 Å². The number of nitrogens with two attached hydrogens (primary N) is 1. The number of para-hydroxylation sites is 1. The lowest BCUT2D eigenvalue weighted by molar-refractivity contribution is 0.281. The Morgan fingerprint density at radius 1 is 0.950 bits per heavy atom. The molecule has 2 aromatic carbocycles. The van der Waals surface area contributed by atoms with Gasteiger partial charge in [-0.2, -0.15) is 0 Å². The van der Waals surface area contributed by atoms with Gasteiger partial charge in [-0.25, -0.2) is 0 Å². The van der Waals surface area contributed by atoms with Gasteiger partial charge >= 0.3 is 0 Å². The van der Waals surface area contributed by atoms with Gasteiger partial charge in [0.05, 0.1) is 14.2 Å².